The number of nitrogens with one attached hydrogen (secondary N) is 2. The largest absolute Gasteiger partial charge is 0.496 e. The molecule has 1 aliphatic heterocycles. The van der Waals surface area contributed by atoms with Crippen molar-refractivity contribution < 1.29 is 19.4 Å². The molecule has 4 rings (SSSR count). The Balaban J connectivity index is 1.57. The minimum atomic E-state index is -0.866. The van der Waals surface area contributed by atoms with Crippen molar-refractivity contribution in [3.05, 3.63) is 89.0 Å². The van der Waals surface area contributed by atoms with Crippen molar-refractivity contribution in [1.29, 1.82) is 5.26 Å². The van der Waals surface area contributed by atoms with Crippen molar-refractivity contribution in [2.75, 3.05) is 25.5 Å². The van der Waals surface area contributed by atoms with E-state index in [9.17, 15) is 15.2 Å². The predicted octanol–water partition coefficient (Wildman–Crippen LogP) is 4.50. The maximum absolute atomic E-state index is 11.2. The summed E-state index contributed by atoms with van der Waals surface area (Å²) in [5.74, 6) is 0.483. The molecule has 3 aromatic rings. The molecule has 0 aromatic heterocycles. The number of carbonyl (C=O) groups is 1. The minimum absolute atomic E-state index is 0.0357. The van der Waals surface area contributed by atoms with E-state index >= 15 is 0 Å². The fourth-order valence-corrected chi connectivity index (χ4v) is 4.47. The van der Waals surface area contributed by atoms with Gasteiger partial charge in [-0.1, -0.05) is 55.5 Å². The highest BCUT2D eigenvalue weighted by molar-refractivity contribution is 5.70. The highest BCUT2D eigenvalue weighted by Gasteiger charge is 2.30. The molecule has 0 saturated heterocycles. The number of rotatable bonds is 9. The highest BCUT2D eigenvalue weighted by Crippen LogP contribution is 2.36. The van der Waals surface area contributed by atoms with Crippen molar-refractivity contribution in [2.45, 2.75) is 31.4 Å². The van der Waals surface area contributed by atoms with Gasteiger partial charge in [0.1, 0.15) is 17.9 Å². The maximum Gasteiger partial charge on any atom is 0.307 e. The van der Waals surface area contributed by atoms with Crippen LogP contribution in [0.5, 0.6) is 11.5 Å². The number of carboxylic acids is 1. The lowest BCUT2D eigenvalue weighted by molar-refractivity contribution is -0.136. The van der Waals surface area contributed by atoms with Crippen LogP contribution in [0.3, 0.4) is 0 Å². The Kier molecular flexibility index (Phi) is 7.54. The number of methoxy groups -OCH3 is 1. The number of hydrogen-bond donors (Lipinski definition) is 3. The van der Waals surface area contributed by atoms with Crippen LogP contribution in [0, 0.1) is 11.3 Å². The molecule has 3 aromatic carbocycles. The zero-order valence-corrected chi connectivity index (χ0v) is 19.8. The summed E-state index contributed by atoms with van der Waals surface area (Å²) in [7, 11) is 1.62. The molecule has 1 aliphatic rings. The van der Waals surface area contributed by atoms with Crippen LogP contribution in [0.1, 0.15) is 41.1 Å². The number of nitriles is 1. The summed E-state index contributed by atoms with van der Waals surface area (Å²) in [6.45, 7) is 3.28. The third-order valence-electron chi connectivity index (χ3n) is 6.25. The van der Waals surface area contributed by atoms with Crippen molar-refractivity contribution in [1.82, 2.24) is 5.32 Å². The topological polar surface area (TPSA) is 104 Å². The van der Waals surface area contributed by atoms with Gasteiger partial charge in [0.25, 0.3) is 0 Å². The standard InChI is InChI=1S/C28H29N3O4/c1-18(22-13-19(14-26(32)33)11-12-24(22)34-2)16-31-27(20-7-4-3-5-8-20)25-17-30-23-10-6-9-21(15-29)28(23)35-25/h3-13,18,25,27,30-31H,14,16-17H2,1-2H3,(H,32,33)/t18-,25-,27-/m1/s1. The Labute approximate surface area is 205 Å². The predicted molar refractivity (Wildman–Crippen MR) is 134 cm³/mol. The number of para-hydroxylation sites is 1. The lowest BCUT2D eigenvalue weighted by atomic mass is 9.94. The molecule has 180 valence electrons. The van der Waals surface area contributed by atoms with Crippen molar-refractivity contribution >= 4 is 11.7 Å². The van der Waals surface area contributed by atoms with Crippen LogP contribution in [0.4, 0.5) is 5.69 Å². The second-order valence-corrected chi connectivity index (χ2v) is 8.68. The van der Waals surface area contributed by atoms with Gasteiger partial charge in [0.15, 0.2) is 5.75 Å². The summed E-state index contributed by atoms with van der Waals surface area (Å²) in [5, 5.41) is 25.8. The first-order valence-electron chi connectivity index (χ1n) is 11.6. The van der Waals surface area contributed by atoms with Crippen LogP contribution in [-0.4, -0.2) is 37.4 Å². The van der Waals surface area contributed by atoms with Gasteiger partial charge in [-0.2, -0.15) is 5.26 Å². The van der Waals surface area contributed by atoms with E-state index < -0.39 is 5.97 Å². The molecule has 0 bridgehead atoms. The summed E-state index contributed by atoms with van der Waals surface area (Å²) in [6, 6.07) is 23.2. The lowest BCUT2D eigenvalue weighted by Crippen LogP contribution is -2.43. The van der Waals surface area contributed by atoms with E-state index in [4.69, 9.17) is 9.47 Å². The van der Waals surface area contributed by atoms with Gasteiger partial charge in [0.2, 0.25) is 0 Å². The zero-order valence-electron chi connectivity index (χ0n) is 19.8. The average molecular weight is 472 g/mol. The third-order valence-corrected chi connectivity index (χ3v) is 6.25. The molecule has 0 aliphatic carbocycles. The molecule has 3 N–H and O–H groups in total. The summed E-state index contributed by atoms with van der Waals surface area (Å²) in [6.07, 6.45) is -0.279. The van der Waals surface area contributed by atoms with Crippen LogP contribution in [0.2, 0.25) is 0 Å². The van der Waals surface area contributed by atoms with E-state index in [0.717, 1.165) is 28.1 Å². The molecule has 3 atom stereocenters. The van der Waals surface area contributed by atoms with Crippen LogP contribution >= 0.6 is 0 Å². The number of carboxylic acid groups (broad SMARTS) is 1. The fourth-order valence-electron chi connectivity index (χ4n) is 4.47. The minimum Gasteiger partial charge on any atom is -0.496 e. The van der Waals surface area contributed by atoms with Crippen molar-refractivity contribution in [3.63, 3.8) is 0 Å². The molecule has 0 spiro atoms. The van der Waals surface area contributed by atoms with Crippen LogP contribution < -0.4 is 20.1 Å². The van der Waals surface area contributed by atoms with E-state index in [1.165, 1.54) is 0 Å². The zero-order chi connectivity index (χ0) is 24.8. The van der Waals surface area contributed by atoms with Gasteiger partial charge in [-0.25, -0.2) is 0 Å². The second kappa shape index (κ2) is 10.9. The molecule has 0 amide bonds. The van der Waals surface area contributed by atoms with E-state index in [-0.39, 0.29) is 24.5 Å². The van der Waals surface area contributed by atoms with Gasteiger partial charge in [0, 0.05) is 6.54 Å². The molecule has 0 fully saturated rings. The molecular weight excluding hydrogens is 442 g/mol. The lowest BCUT2D eigenvalue weighted by Gasteiger charge is -2.35. The van der Waals surface area contributed by atoms with E-state index in [0.29, 0.717) is 24.4 Å². The molecule has 0 unspecified atom stereocenters. The average Bonchev–Trinajstić information content (AvgIpc) is 2.88. The van der Waals surface area contributed by atoms with Crippen molar-refractivity contribution in [3.8, 4) is 17.6 Å². The number of benzene rings is 3. The second-order valence-electron chi connectivity index (χ2n) is 8.68. The quantitative estimate of drug-likeness (QED) is 0.422. The van der Waals surface area contributed by atoms with E-state index in [2.05, 4.69) is 35.8 Å². The monoisotopic (exact) mass is 471 g/mol. The Hall–Kier alpha value is -4.02. The Morgan fingerprint density at radius 3 is 2.74 bits per heavy atom. The molecule has 0 saturated carbocycles. The number of anilines is 1. The van der Waals surface area contributed by atoms with Gasteiger partial charge in [-0.15, -0.1) is 0 Å². The van der Waals surface area contributed by atoms with Crippen LogP contribution in [0.15, 0.2) is 66.7 Å². The number of fused-ring (bicyclic) bond motifs is 1. The molecule has 35 heavy (non-hydrogen) atoms. The number of ether oxygens (including phenoxy) is 2. The van der Waals surface area contributed by atoms with Gasteiger partial charge in [0.05, 0.1) is 37.4 Å². The molecule has 7 heteroatoms. The summed E-state index contributed by atoms with van der Waals surface area (Å²) >= 11 is 0. The fraction of sp³-hybridized carbons (Fsp3) is 0.286. The third kappa shape index (κ3) is 5.56. The normalized spacial score (nSPS) is 16.1. The highest BCUT2D eigenvalue weighted by atomic mass is 16.5. The number of hydrogen-bond acceptors (Lipinski definition) is 6. The molecule has 7 nitrogen and oxygen atoms in total. The Bertz CT molecular complexity index is 1220. The van der Waals surface area contributed by atoms with Gasteiger partial charge < -0.3 is 25.2 Å². The summed E-state index contributed by atoms with van der Waals surface area (Å²) in [5.41, 5.74) is 4.09. The first-order chi connectivity index (χ1) is 17.0. The summed E-state index contributed by atoms with van der Waals surface area (Å²) in [4.78, 5) is 11.2. The number of nitrogens with zero attached hydrogens (tertiary/aromatic N) is 1. The first-order valence-corrected chi connectivity index (χ1v) is 11.6. The molecule has 0 radical (unpaired) electrons. The smallest absolute Gasteiger partial charge is 0.307 e. The number of aliphatic carboxylic acids is 1. The van der Waals surface area contributed by atoms with E-state index in [1.807, 2.05) is 42.5 Å². The SMILES string of the molecule is COc1ccc(CC(=O)O)cc1[C@H](C)CN[C@H](c1ccccc1)[C@H]1CNc2cccc(C#N)c2O1. The first kappa shape index (κ1) is 24.1. The van der Waals surface area contributed by atoms with Gasteiger partial charge >= 0.3 is 5.97 Å². The summed E-state index contributed by atoms with van der Waals surface area (Å²) < 4.78 is 11.9. The molecule has 1 heterocycles. The van der Waals surface area contributed by atoms with Crippen molar-refractivity contribution in [2.24, 2.45) is 0 Å². The van der Waals surface area contributed by atoms with Crippen LogP contribution in [-0.2, 0) is 11.2 Å². The van der Waals surface area contributed by atoms with Gasteiger partial charge in [-0.05, 0) is 40.8 Å². The Morgan fingerprint density at radius 1 is 1.23 bits per heavy atom. The van der Waals surface area contributed by atoms with Crippen LogP contribution in [0.25, 0.3) is 0 Å². The maximum atomic E-state index is 11.2. The molecular formula is C28H29N3O4. The van der Waals surface area contributed by atoms with E-state index in [1.54, 1.807) is 19.2 Å². The Morgan fingerprint density at radius 2 is 2.03 bits per heavy atom. The van der Waals surface area contributed by atoms with Gasteiger partial charge in [-0.3, -0.25) is 4.79 Å².